The molecule has 1 aromatic heterocycles. The minimum Gasteiger partial charge on any atom is -0.383 e. The van der Waals surface area contributed by atoms with E-state index in [1.165, 1.54) is 31.5 Å². The predicted octanol–water partition coefficient (Wildman–Crippen LogP) is 2.87. The zero-order valence-electron chi connectivity index (χ0n) is 14.9. The molecule has 4 aliphatic rings. The maximum atomic E-state index is 13.4. The molecule has 0 amide bonds. The van der Waals surface area contributed by atoms with Gasteiger partial charge in [0.2, 0.25) is 0 Å². The van der Waals surface area contributed by atoms with E-state index in [-0.39, 0.29) is 5.82 Å². The molecular formula is C21H25FN4. The van der Waals surface area contributed by atoms with Gasteiger partial charge < -0.3 is 5.73 Å². The van der Waals surface area contributed by atoms with Crippen LogP contribution < -0.4 is 5.73 Å². The van der Waals surface area contributed by atoms with Crippen LogP contribution in [0.3, 0.4) is 0 Å². The van der Waals surface area contributed by atoms with Gasteiger partial charge in [-0.05, 0) is 55.6 Å². The molecule has 6 rings (SSSR count). The Morgan fingerprint density at radius 1 is 1.08 bits per heavy atom. The molecule has 2 aromatic rings. The lowest BCUT2D eigenvalue weighted by Crippen LogP contribution is -2.60. The Hall–Kier alpha value is -1.98. The fraction of sp³-hybridized carbons (Fsp3) is 0.476. The van der Waals surface area contributed by atoms with Crippen LogP contribution in [0.1, 0.15) is 29.9 Å². The van der Waals surface area contributed by atoms with Crippen LogP contribution in [0.25, 0.3) is 0 Å². The SMILES string of the molecule is Nc1ncccc1CN1C[C@@H](c2ccc(F)cc2)[C@@H]2[C@H]1C1CCN2CC1. The number of hydrogen-bond donors (Lipinski definition) is 1. The second-order valence-electron chi connectivity index (χ2n) is 7.99. The van der Waals surface area contributed by atoms with Gasteiger partial charge in [-0.1, -0.05) is 18.2 Å². The van der Waals surface area contributed by atoms with Crippen molar-refractivity contribution < 1.29 is 4.39 Å². The molecule has 0 spiro atoms. The molecule has 26 heavy (non-hydrogen) atoms. The molecular weight excluding hydrogens is 327 g/mol. The molecule has 2 bridgehead atoms. The van der Waals surface area contributed by atoms with Crippen molar-refractivity contribution in [1.82, 2.24) is 14.8 Å². The van der Waals surface area contributed by atoms with Crippen molar-refractivity contribution in [3.63, 3.8) is 0 Å². The molecule has 5 heterocycles. The van der Waals surface area contributed by atoms with Crippen molar-refractivity contribution in [2.24, 2.45) is 5.92 Å². The summed E-state index contributed by atoms with van der Waals surface area (Å²) in [5.74, 6) is 1.67. The van der Waals surface area contributed by atoms with E-state index in [0.717, 1.165) is 24.6 Å². The summed E-state index contributed by atoms with van der Waals surface area (Å²) in [7, 11) is 0. The molecule has 4 saturated heterocycles. The number of aromatic nitrogens is 1. The van der Waals surface area contributed by atoms with Gasteiger partial charge in [-0.3, -0.25) is 9.80 Å². The van der Waals surface area contributed by atoms with Gasteiger partial charge in [0.25, 0.3) is 0 Å². The lowest BCUT2D eigenvalue weighted by molar-refractivity contribution is -0.00866. The number of piperidine rings is 3. The molecule has 0 saturated carbocycles. The first-order chi connectivity index (χ1) is 12.7. The standard InChI is InChI=1S/C21H25FN4/c22-17-5-3-14(4-6-17)18-13-26(12-16-2-1-9-24-21(16)23)19-15-7-10-25(11-8-15)20(18)19/h1-6,9,15,18-20H,7-8,10-13H2,(H2,23,24)/t18-,19+,20+/m0/s1. The molecule has 1 aromatic carbocycles. The summed E-state index contributed by atoms with van der Waals surface area (Å²) >= 11 is 0. The Labute approximate surface area is 153 Å². The molecule has 4 nitrogen and oxygen atoms in total. The molecule has 3 atom stereocenters. The van der Waals surface area contributed by atoms with Crippen molar-refractivity contribution in [1.29, 1.82) is 0 Å². The van der Waals surface area contributed by atoms with Crippen molar-refractivity contribution in [2.75, 3.05) is 25.4 Å². The lowest BCUT2D eigenvalue weighted by Gasteiger charge is -2.51. The zero-order chi connectivity index (χ0) is 17.7. The summed E-state index contributed by atoms with van der Waals surface area (Å²) in [5, 5.41) is 0. The highest BCUT2D eigenvalue weighted by atomic mass is 19.1. The predicted molar refractivity (Wildman–Crippen MR) is 100 cm³/mol. The van der Waals surface area contributed by atoms with Crippen LogP contribution in [0.15, 0.2) is 42.6 Å². The van der Waals surface area contributed by atoms with E-state index in [4.69, 9.17) is 5.73 Å². The van der Waals surface area contributed by atoms with E-state index >= 15 is 0 Å². The van der Waals surface area contributed by atoms with Crippen LogP contribution in [0.2, 0.25) is 0 Å². The number of halogens is 1. The van der Waals surface area contributed by atoms with Crippen LogP contribution in [0, 0.1) is 11.7 Å². The van der Waals surface area contributed by atoms with E-state index in [1.807, 2.05) is 18.2 Å². The van der Waals surface area contributed by atoms with Crippen molar-refractivity contribution in [3.05, 3.63) is 59.5 Å². The van der Waals surface area contributed by atoms with Crippen LogP contribution >= 0.6 is 0 Å². The van der Waals surface area contributed by atoms with Crippen molar-refractivity contribution in [2.45, 2.75) is 37.4 Å². The summed E-state index contributed by atoms with van der Waals surface area (Å²) in [4.78, 5) is 9.54. The van der Waals surface area contributed by atoms with Crippen LogP contribution in [-0.2, 0) is 6.54 Å². The van der Waals surface area contributed by atoms with Gasteiger partial charge in [0.05, 0.1) is 0 Å². The van der Waals surface area contributed by atoms with Gasteiger partial charge in [0.15, 0.2) is 0 Å². The Morgan fingerprint density at radius 2 is 1.85 bits per heavy atom. The molecule has 4 fully saturated rings. The molecule has 0 aliphatic carbocycles. The van der Waals surface area contributed by atoms with Gasteiger partial charge in [-0.25, -0.2) is 9.37 Å². The summed E-state index contributed by atoms with van der Waals surface area (Å²) in [6, 6.07) is 12.3. The topological polar surface area (TPSA) is 45.4 Å². The lowest BCUT2D eigenvalue weighted by atomic mass is 9.75. The highest BCUT2D eigenvalue weighted by Crippen LogP contribution is 2.47. The number of anilines is 1. The van der Waals surface area contributed by atoms with Crippen LogP contribution in [0.5, 0.6) is 0 Å². The largest absolute Gasteiger partial charge is 0.383 e. The fourth-order valence-corrected chi connectivity index (χ4v) is 5.53. The second-order valence-corrected chi connectivity index (χ2v) is 7.99. The van der Waals surface area contributed by atoms with E-state index in [1.54, 1.807) is 18.3 Å². The van der Waals surface area contributed by atoms with E-state index < -0.39 is 0 Å². The number of nitrogens with zero attached hydrogens (tertiary/aromatic N) is 3. The molecule has 136 valence electrons. The van der Waals surface area contributed by atoms with Gasteiger partial charge in [-0.2, -0.15) is 0 Å². The molecule has 0 radical (unpaired) electrons. The minimum absolute atomic E-state index is 0.159. The van der Waals surface area contributed by atoms with E-state index in [2.05, 4.69) is 20.9 Å². The van der Waals surface area contributed by atoms with Crippen molar-refractivity contribution in [3.8, 4) is 0 Å². The number of benzene rings is 1. The number of rotatable bonds is 3. The highest BCUT2D eigenvalue weighted by molar-refractivity contribution is 5.39. The molecule has 5 heteroatoms. The maximum absolute atomic E-state index is 13.4. The number of pyridine rings is 1. The number of likely N-dealkylation sites (tertiary alicyclic amines) is 1. The third-order valence-corrected chi connectivity index (χ3v) is 6.69. The van der Waals surface area contributed by atoms with Crippen LogP contribution in [0.4, 0.5) is 10.2 Å². The summed E-state index contributed by atoms with van der Waals surface area (Å²) in [6.07, 6.45) is 4.33. The Bertz CT molecular complexity index is 785. The monoisotopic (exact) mass is 352 g/mol. The smallest absolute Gasteiger partial charge is 0.127 e. The molecule has 4 aliphatic heterocycles. The summed E-state index contributed by atoms with van der Waals surface area (Å²) in [5.41, 5.74) is 8.49. The second kappa shape index (κ2) is 6.32. The first-order valence-electron chi connectivity index (χ1n) is 9.63. The number of nitrogens with two attached hydrogens (primary N) is 1. The first-order valence-corrected chi connectivity index (χ1v) is 9.63. The number of nitrogen functional groups attached to an aromatic ring is 1. The average molecular weight is 352 g/mol. The van der Waals surface area contributed by atoms with E-state index in [9.17, 15) is 4.39 Å². The minimum atomic E-state index is -0.159. The first kappa shape index (κ1) is 16.2. The normalized spacial score (nSPS) is 33.3. The number of hydrogen-bond acceptors (Lipinski definition) is 4. The summed E-state index contributed by atoms with van der Waals surface area (Å²) in [6.45, 7) is 4.25. The highest BCUT2D eigenvalue weighted by Gasteiger charge is 2.53. The van der Waals surface area contributed by atoms with Crippen molar-refractivity contribution >= 4 is 5.82 Å². The average Bonchev–Trinajstić information content (AvgIpc) is 3.07. The Kier molecular flexibility index (Phi) is 3.94. The van der Waals surface area contributed by atoms with Gasteiger partial charge in [0, 0.05) is 42.9 Å². The third-order valence-electron chi connectivity index (χ3n) is 6.69. The fourth-order valence-electron chi connectivity index (χ4n) is 5.53. The third kappa shape index (κ3) is 2.61. The van der Waals surface area contributed by atoms with Crippen LogP contribution in [-0.4, -0.2) is 46.5 Å². The van der Waals surface area contributed by atoms with Gasteiger partial charge in [0.1, 0.15) is 11.6 Å². The number of fused-ring (bicyclic) bond motifs is 2. The van der Waals surface area contributed by atoms with Gasteiger partial charge >= 0.3 is 0 Å². The zero-order valence-corrected chi connectivity index (χ0v) is 14.9. The maximum Gasteiger partial charge on any atom is 0.127 e. The Morgan fingerprint density at radius 3 is 2.58 bits per heavy atom. The quantitative estimate of drug-likeness (QED) is 0.923. The Balaban J connectivity index is 1.48. The van der Waals surface area contributed by atoms with Gasteiger partial charge in [-0.15, -0.1) is 0 Å². The summed E-state index contributed by atoms with van der Waals surface area (Å²) < 4.78 is 13.4. The molecule has 2 N–H and O–H groups in total. The van der Waals surface area contributed by atoms with E-state index in [0.29, 0.717) is 23.8 Å². The molecule has 0 unspecified atom stereocenters.